The van der Waals surface area contributed by atoms with Gasteiger partial charge in [-0.2, -0.15) is 0 Å². The molecule has 0 radical (unpaired) electrons. The van der Waals surface area contributed by atoms with Gasteiger partial charge in [0.15, 0.2) is 4.67 Å². The van der Waals surface area contributed by atoms with E-state index in [0.29, 0.717) is 0 Å². The Bertz CT molecular complexity index is 495. The summed E-state index contributed by atoms with van der Waals surface area (Å²) in [5.41, 5.74) is 0. The summed E-state index contributed by atoms with van der Waals surface area (Å²) < 4.78 is 11.6. The molecule has 2 rings (SSSR count). The van der Waals surface area contributed by atoms with Crippen LogP contribution in [0.25, 0.3) is 0 Å². The highest BCUT2D eigenvalue weighted by molar-refractivity contribution is 9.10. The molecule has 3 nitrogen and oxygen atoms in total. The van der Waals surface area contributed by atoms with E-state index in [1.54, 1.807) is 18.4 Å². The van der Waals surface area contributed by atoms with Gasteiger partial charge in [-0.3, -0.25) is 0 Å². The van der Waals surface area contributed by atoms with Crippen molar-refractivity contribution in [3.63, 3.8) is 0 Å². The van der Waals surface area contributed by atoms with Gasteiger partial charge in [-0.05, 0) is 47.1 Å². The smallest absolute Gasteiger partial charge is 0.169 e. The van der Waals surface area contributed by atoms with Crippen molar-refractivity contribution in [2.24, 2.45) is 0 Å². The Labute approximate surface area is 119 Å². The number of furan rings is 1. The molecular weight excluding hydrogens is 314 g/mol. The topological polar surface area (TPSA) is 34.4 Å². The minimum Gasteiger partial charge on any atom is -0.496 e. The zero-order chi connectivity index (χ0) is 13.0. The van der Waals surface area contributed by atoms with Crippen LogP contribution in [0.3, 0.4) is 0 Å². The lowest BCUT2D eigenvalue weighted by Crippen LogP contribution is -2.21. The molecule has 0 aliphatic heterocycles. The average Bonchev–Trinajstić information content (AvgIpc) is 2.99. The van der Waals surface area contributed by atoms with Gasteiger partial charge in [0.1, 0.15) is 17.6 Å². The minimum absolute atomic E-state index is 0.0881. The third kappa shape index (κ3) is 3.16. The number of halogens is 1. The van der Waals surface area contributed by atoms with Crippen LogP contribution < -0.4 is 10.1 Å². The number of methoxy groups -OCH3 is 1. The highest BCUT2D eigenvalue weighted by atomic mass is 79.9. The first-order valence-electron chi connectivity index (χ1n) is 5.85. The third-order valence-electron chi connectivity index (χ3n) is 2.59. The van der Waals surface area contributed by atoms with Gasteiger partial charge in [0.05, 0.1) is 7.11 Å². The summed E-state index contributed by atoms with van der Waals surface area (Å²) in [5.74, 6) is 1.81. The molecule has 1 unspecified atom stereocenters. The Kier molecular flexibility index (Phi) is 4.86. The number of thiophene rings is 1. The molecule has 2 aromatic rings. The fraction of sp³-hybridized carbons (Fsp3) is 0.385. The first-order valence-corrected chi connectivity index (χ1v) is 7.53. The van der Waals surface area contributed by atoms with E-state index in [9.17, 15) is 0 Å². The summed E-state index contributed by atoms with van der Waals surface area (Å²) in [6.07, 6.45) is 1.08. The molecule has 1 atom stereocenters. The summed E-state index contributed by atoms with van der Waals surface area (Å²) in [4.78, 5) is 1.20. The van der Waals surface area contributed by atoms with E-state index in [4.69, 9.17) is 9.15 Å². The fourth-order valence-corrected chi connectivity index (χ4v) is 2.96. The Morgan fingerprint density at radius 1 is 1.50 bits per heavy atom. The monoisotopic (exact) mass is 329 g/mol. The molecule has 0 aliphatic carbocycles. The van der Waals surface area contributed by atoms with Crippen molar-refractivity contribution in [2.75, 3.05) is 13.7 Å². The molecule has 98 valence electrons. The van der Waals surface area contributed by atoms with Gasteiger partial charge >= 0.3 is 0 Å². The van der Waals surface area contributed by atoms with Crippen molar-refractivity contribution in [2.45, 2.75) is 19.4 Å². The van der Waals surface area contributed by atoms with Crippen LogP contribution in [0.4, 0.5) is 0 Å². The van der Waals surface area contributed by atoms with Crippen molar-refractivity contribution in [3.8, 4) is 5.75 Å². The number of nitrogens with one attached hydrogen (secondary N) is 1. The molecule has 0 spiro atoms. The van der Waals surface area contributed by atoms with Crippen molar-refractivity contribution < 1.29 is 9.15 Å². The van der Waals surface area contributed by atoms with E-state index in [1.165, 1.54) is 4.88 Å². The SMILES string of the molecule is CCCNC(c1ccc(Br)o1)c1cc(OC)cs1. The maximum atomic E-state index is 5.66. The van der Waals surface area contributed by atoms with E-state index in [2.05, 4.69) is 34.2 Å². The molecule has 5 heteroatoms. The van der Waals surface area contributed by atoms with Crippen molar-refractivity contribution >= 4 is 27.3 Å². The van der Waals surface area contributed by atoms with Gasteiger partial charge in [0.25, 0.3) is 0 Å². The van der Waals surface area contributed by atoms with Crippen molar-refractivity contribution in [1.82, 2.24) is 5.32 Å². The summed E-state index contributed by atoms with van der Waals surface area (Å²) in [6.45, 7) is 3.10. The van der Waals surface area contributed by atoms with Crippen LogP contribution in [-0.2, 0) is 0 Å². The van der Waals surface area contributed by atoms with Crippen LogP contribution in [0.2, 0.25) is 0 Å². The molecule has 0 amide bonds. The average molecular weight is 330 g/mol. The minimum atomic E-state index is 0.0881. The van der Waals surface area contributed by atoms with E-state index >= 15 is 0 Å². The summed E-state index contributed by atoms with van der Waals surface area (Å²) in [6, 6.07) is 6.05. The summed E-state index contributed by atoms with van der Waals surface area (Å²) in [7, 11) is 1.68. The van der Waals surface area contributed by atoms with Crippen molar-refractivity contribution in [1.29, 1.82) is 0 Å². The molecule has 0 fully saturated rings. The van der Waals surface area contributed by atoms with Crippen LogP contribution in [-0.4, -0.2) is 13.7 Å². The Morgan fingerprint density at radius 3 is 2.89 bits per heavy atom. The second-order valence-electron chi connectivity index (χ2n) is 3.92. The third-order valence-corrected chi connectivity index (χ3v) is 3.99. The summed E-state index contributed by atoms with van der Waals surface area (Å²) >= 11 is 5.02. The van der Waals surface area contributed by atoms with Crippen LogP contribution in [0, 0.1) is 0 Å². The molecule has 2 aromatic heterocycles. The number of rotatable bonds is 6. The van der Waals surface area contributed by atoms with E-state index in [1.807, 2.05) is 17.5 Å². The van der Waals surface area contributed by atoms with Crippen LogP contribution in [0.5, 0.6) is 5.75 Å². The quantitative estimate of drug-likeness (QED) is 0.862. The molecule has 2 heterocycles. The number of hydrogen-bond donors (Lipinski definition) is 1. The fourth-order valence-electron chi connectivity index (χ4n) is 1.71. The van der Waals surface area contributed by atoms with Crippen LogP contribution >= 0.6 is 27.3 Å². The zero-order valence-electron chi connectivity index (χ0n) is 10.4. The standard InChI is InChI=1S/C13H16BrNO2S/c1-3-6-15-13(10-4-5-12(14)17-10)11-7-9(16-2)8-18-11/h4-5,7-8,13,15H,3,6H2,1-2H3. The highest BCUT2D eigenvalue weighted by Crippen LogP contribution is 2.32. The Balaban J connectivity index is 2.24. The van der Waals surface area contributed by atoms with E-state index in [0.717, 1.165) is 29.1 Å². The maximum Gasteiger partial charge on any atom is 0.169 e. The van der Waals surface area contributed by atoms with Gasteiger partial charge < -0.3 is 14.5 Å². The van der Waals surface area contributed by atoms with Crippen LogP contribution in [0.15, 0.2) is 32.7 Å². The normalized spacial score (nSPS) is 12.6. The largest absolute Gasteiger partial charge is 0.496 e. The molecule has 0 saturated heterocycles. The number of ether oxygens (including phenoxy) is 1. The summed E-state index contributed by atoms with van der Waals surface area (Å²) in [5, 5.41) is 5.50. The van der Waals surface area contributed by atoms with Gasteiger partial charge in [-0.1, -0.05) is 6.92 Å². The lowest BCUT2D eigenvalue weighted by molar-refractivity contribution is 0.414. The molecule has 0 aliphatic rings. The van der Waals surface area contributed by atoms with E-state index in [-0.39, 0.29) is 6.04 Å². The predicted molar refractivity (Wildman–Crippen MR) is 77.4 cm³/mol. The second-order valence-corrected chi connectivity index (χ2v) is 5.64. The van der Waals surface area contributed by atoms with Gasteiger partial charge in [-0.25, -0.2) is 0 Å². The molecule has 18 heavy (non-hydrogen) atoms. The first-order chi connectivity index (χ1) is 8.74. The molecule has 0 bridgehead atoms. The number of hydrogen-bond acceptors (Lipinski definition) is 4. The van der Waals surface area contributed by atoms with Gasteiger partial charge in [-0.15, -0.1) is 11.3 Å². The molecule has 1 N–H and O–H groups in total. The van der Waals surface area contributed by atoms with Crippen LogP contribution in [0.1, 0.15) is 30.0 Å². The lowest BCUT2D eigenvalue weighted by Gasteiger charge is -2.14. The molecule has 0 saturated carbocycles. The maximum absolute atomic E-state index is 5.66. The second kappa shape index (κ2) is 6.41. The first kappa shape index (κ1) is 13.6. The van der Waals surface area contributed by atoms with Crippen molar-refractivity contribution in [3.05, 3.63) is 38.9 Å². The molecular formula is C13H16BrNO2S. The van der Waals surface area contributed by atoms with E-state index < -0.39 is 0 Å². The van der Waals surface area contributed by atoms with Gasteiger partial charge in [0, 0.05) is 10.3 Å². The predicted octanol–water partition coefficient (Wildman–Crippen LogP) is 4.20. The molecule has 0 aromatic carbocycles. The lowest BCUT2D eigenvalue weighted by atomic mass is 10.2. The Morgan fingerprint density at radius 2 is 2.33 bits per heavy atom. The Hall–Kier alpha value is -0.780. The van der Waals surface area contributed by atoms with Gasteiger partial charge in [0.2, 0.25) is 0 Å². The zero-order valence-corrected chi connectivity index (χ0v) is 12.8. The highest BCUT2D eigenvalue weighted by Gasteiger charge is 2.19.